The Balaban J connectivity index is 0.000000278. The van der Waals surface area contributed by atoms with E-state index in [2.05, 4.69) is 68.1 Å². The van der Waals surface area contributed by atoms with Gasteiger partial charge in [-0.25, -0.2) is 13.9 Å². The van der Waals surface area contributed by atoms with E-state index in [4.69, 9.17) is 4.74 Å². The average molecular weight is 584 g/mol. The van der Waals surface area contributed by atoms with Crippen LogP contribution in [-0.2, 0) is 13.6 Å². The maximum absolute atomic E-state index is 6.34. The number of nitrogens with zero attached hydrogens (tertiary/aromatic N) is 9. The van der Waals surface area contributed by atoms with Gasteiger partial charge in [-0.05, 0) is 61.0 Å². The van der Waals surface area contributed by atoms with Crippen molar-refractivity contribution in [3.8, 4) is 23.0 Å². The number of aromatic nitrogens is 9. The van der Waals surface area contributed by atoms with Crippen molar-refractivity contribution >= 4 is 46.7 Å². The third-order valence-electron chi connectivity index (χ3n) is 7.18. The van der Waals surface area contributed by atoms with Crippen molar-refractivity contribution in [2.75, 3.05) is 0 Å². The molecule has 0 amide bonds. The Bertz CT molecular complexity index is 2210. The van der Waals surface area contributed by atoms with Gasteiger partial charge in [0.15, 0.2) is 0 Å². The van der Waals surface area contributed by atoms with Crippen LogP contribution in [-0.4, -0.2) is 52.9 Å². The van der Waals surface area contributed by atoms with Crippen molar-refractivity contribution < 1.29 is 4.74 Å². The predicted octanol–water partition coefficient (Wildman–Crippen LogP) is 5.85. The first-order chi connectivity index (χ1) is 20.7. The molecule has 10 aromatic rings. The van der Waals surface area contributed by atoms with E-state index in [9.17, 15) is 0 Å². The lowest BCUT2D eigenvalue weighted by atomic mass is 10.1. The monoisotopic (exact) mass is 583 g/mol. The van der Waals surface area contributed by atoms with Crippen LogP contribution in [0.25, 0.3) is 38.6 Å². The van der Waals surface area contributed by atoms with E-state index in [1.165, 1.54) is 0 Å². The summed E-state index contributed by atoms with van der Waals surface area (Å²) in [4.78, 5) is 0. The molecule has 11 heteroatoms. The summed E-state index contributed by atoms with van der Waals surface area (Å²) in [6.07, 6.45) is 0. The van der Waals surface area contributed by atoms with Gasteiger partial charge < -0.3 is 4.74 Å². The third kappa shape index (κ3) is 5.02. The van der Waals surface area contributed by atoms with Crippen LogP contribution in [0.1, 0.15) is 16.7 Å². The molecule has 43 heavy (non-hydrogen) atoms. The molecule has 6 aromatic heterocycles. The topological polar surface area (TPSA) is 101 Å². The maximum Gasteiger partial charge on any atom is 0.139 e. The van der Waals surface area contributed by atoms with Gasteiger partial charge in [-0.2, -0.15) is 0 Å². The van der Waals surface area contributed by atoms with E-state index in [1.54, 1.807) is 4.68 Å². The molecule has 212 valence electrons. The lowest BCUT2D eigenvalue weighted by Gasteiger charge is -2.12. The first-order valence-electron chi connectivity index (χ1n) is 14.0. The normalized spacial score (nSPS) is 11.7. The van der Waals surface area contributed by atoms with Crippen molar-refractivity contribution in [3.63, 3.8) is 0 Å². The highest BCUT2D eigenvalue weighted by molar-refractivity contribution is 6.83. The molecular formula is C32H29N9OSi. The minimum absolute atomic E-state index is 0.511. The van der Waals surface area contributed by atoms with Crippen LogP contribution in [0.5, 0.6) is 11.5 Å². The zero-order chi connectivity index (χ0) is 29.7. The minimum Gasteiger partial charge on any atom is -0.457 e. The number of pyridine rings is 1. The fourth-order valence-electron chi connectivity index (χ4n) is 5.00. The second-order valence-electron chi connectivity index (χ2n) is 11.6. The van der Waals surface area contributed by atoms with Gasteiger partial charge in [0, 0.05) is 24.2 Å². The number of fused-ring (bicyclic) bond motifs is 5. The molecule has 0 aliphatic rings. The number of hydrogen-bond acceptors (Lipinski definition) is 7. The van der Waals surface area contributed by atoms with Crippen LogP contribution < -0.4 is 4.74 Å². The SMILES string of the molecule is Cc1cc(C#C[Si](C)(C)C)ccc1Oc1cc(Cn2nnc3ccccc32)c2nnn(C)c2c1.c1cc2c3nnn2c3c1. The summed E-state index contributed by atoms with van der Waals surface area (Å²) in [5, 5.41) is 25.0. The molecular weight excluding hydrogens is 555 g/mol. The zero-order valence-corrected chi connectivity index (χ0v) is 25.6. The Labute approximate surface area is 248 Å². The number of aryl methyl sites for hydroxylation is 2. The van der Waals surface area contributed by atoms with Crippen LogP contribution in [0.4, 0.5) is 0 Å². The molecule has 4 aromatic carbocycles. The molecule has 0 atom stereocenters. The molecule has 10 nitrogen and oxygen atoms in total. The quantitative estimate of drug-likeness (QED) is 0.189. The molecule has 10 rings (SSSR count). The van der Waals surface area contributed by atoms with Crippen molar-refractivity contribution in [2.45, 2.75) is 33.1 Å². The molecule has 6 heterocycles. The van der Waals surface area contributed by atoms with Gasteiger partial charge in [-0.15, -0.1) is 20.8 Å². The van der Waals surface area contributed by atoms with Crippen LogP contribution in [0, 0.1) is 18.4 Å². The summed E-state index contributed by atoms with van der Waals surface area (Å²) in [5.74, 6) is 4.83. The summed E-state index contributed by atoms with van der Waals surface area (Å²) >= 11 is 0. The summed E-state index contributed by atoms with van der Waals surface area (Å²) in [5.41, 5.74) is 13.3. The molecule has 0 N–H and O–H groups in total. The second-order valence-corrected chi connectivity index (χ2v) is 16.4. The largest absolute Gasteiger partial charge is 0.457 e. The lowest BCUT2D eigenvalue weighted by Crippen LogP contribution is -2.16. The van der Waals surface area contributed by atoms with Crippen LogP contribution in [0.2, 0.25) is 19.6 Å². The van der Waals surface area contributed by atoms with Crippen molar-refractivity contribution in [1.29, 1.82) is 0 Å². The number of hydrogen-bond donors (Lipinski definition) is 0. The van der Waals surface area contributed by atoms with E-state index >= 15 is 0 Å². The van der Waals surface area contributed by atoms with Gasteiger partial charge in [-0.3, -0.25) is 0 Å². The summed E-state index contributed by atoms with van der Waals surface area (Å²) in [6.45, 7) is 9.28. The molecule has 0 saturated heterocycles. The standard InChI is InChI=1S/C26H26N6OSi.C6H3N3/c1-18-14-19(12-13-34(3,4)5)10-11-25(18)33-21-15-20(26-24(16-21)31(2)29-28-26)17-32-23-9-7-6-8-22(23)27-30-32;1-2-4-6-5(3-1)9(4)8-7-6/h6-11,14-16H,17H2,1-5H3;1-3H. The van der Waals surface area contributed by atoms with Crippen molar-refractivity contribution in [1.82, 2.24) is 44.8 Å². The minimum atomic E-state index is -1.43. The fourth-order valence-corrected chi connectivity index (χ4v) is 5.52. The number of ether oxygens (including phenoxy) is 1. The summed E-state index contributed by atoms with van der Waals surface area (Å²) < 4.78 is 11.8. The summed E-state index contributed by atoms with van der Waals surface area (Å²) in [6, 6.07) is 24.0. The first-order valence-corrected chi connectivity index (χ1v) is 17.5. The molecule has 0 saturated carbocycles. The Morgan fingerprint density at radius 3 is 2.26 bits per heavy atom. The Kier molecular flexibility index (Phi) is 6.29. The van der Waals surface area contributed by atoms with Crippen LogP contribution in [0.3, 0.4) is 0 Å². The number of para-hydroxylation sites is 1. The highest BCUT2D eigenvalue weighted by atomic mass is 28.3. The van der Waals surface area contributed by atoms with Crippen molar-refractivity contribution in [3.05, 3.63) is 89.5 Å². The molecule has 0 radical (unpaired) electrons. The predicted molar refractivity (Wildman–Crippen MR) is 169 cm³/mol. The van der Waals surface area contributed by atoms with E-state index in [1.807, 2.05) is 89.9 Å². The van der Waals surface area contributed by atoms with Crippen LogP contribution >= 0.6 is 0 Å². The zero-order valence-electron chi connectivity index (χ0n) is 24.6. The van der Waals surface area contributed by atoms with E-state index in [0.29, 0.717) is 6.54 Å². The van der Waals surface area contributed by atoms with Gasteiger partial charge in [0.1, 0.15) is 36.1 Å². The van der Waals surface area contributed by atoms with Gasteiger partial charge >= 0.3 is 0 Å². The highest BCUT2D eigenvalue weighted by Gasteiger charge is 2.15. The smallest absolute Gasteiger partial charge is 0.139 e. The third-order valence-corrected chi connectivity index (χ3v) is 8.05. The molecule has 0 spiro atoms. The molecule has 0 fully saturated rings. The number of rotatable bonds is 4. The molecule has 0 aliphatic heterocycles. The number of benzene rings is 4. The van der Waals surface area contributed by atoms with Gasteiger partial charge in [0.2, 0.25) is 0 Å². The van der Waals surface area contributed by atoms with Gasteiger partial charge in [0.25, 0.3) is 0 Å². The second kappa shape index (κ2) is 10.2. The van der Waals surface area contributed by atoms with Crippen LogP contribution in [0.15, 0.2) is 72.8 Å². The Morgan fingerprint density at radius 2 is 1.53 bits per heavy atom. The Morgan fingerprint density at radius 1 is 0.767 bits per heavy atom. The van der Waals surface area contributed by atoms with Gasteiger partial charge in [0.05, 0.1) is 28.6 Å². The van der Waals surface area contributed by atoms with E-state index in [-0.39, 0.29) is 0 Å². The highest BCUT2D eigenvalue weighted by Crippen LogP contribution is 2.31. The molecule has 4 bridgehead atoms. The lowest BCUT2D eigenvalue weighted by molar-refractivity contribution is 0.478. The van der Waals surface area contributed by atoms with E-state index < -0.39 is 8.07 Å². The first kappa shape index (κ1) is 26.5. The fraction of sp³-hybridized carbons (Fsp3) is 0.188. The molecule has 0 aliphatic carbocycles. The van der Waals surface area contributed by atoms with E-state index in [0.717, 1.165) is 66.8 Å². The molecule has 0 unspecified atom stereocenters. The van der Waals surface area contributed by atoms with Gasteiger partial charge in [-0.1, -0.05) is 59.4 Å². The summed E-state index contributed by atoms with van der Waals surface area (Å²) in [7, 11) is 0.454. The average Bonchev–Trinajstić information content (AvgIpc) is 3.80. The maximum atomic E-state index is 6.34. The Hall–Kier alpha value is -5.34. The van der Waals surface area contributed by atoms with Crippen molar-refractivity contribution in [2.24, 2.45) is 7.05 Å².